The minimum Gasteiger partial charge on any atom is -0.482 e. The van der Waals surface area contributed by atoms with E-state index in [9.17, 15) is 4.79 Å². The summed E-state index contributed by atoms with van der Waals surface area (Å²) in [6, 6.07) is 10.2. The average molecular weight is 462 g/mol. The van der Waals surface area contributed by atoms with Gasteiger partial charge in [-0.1, -0.05) is 64.1 Å². The van der Waals surface area contributed by atoms with Gasteiger partial charge in [0.05, 0.1) is 5.69 Å². The molecule has 2 rings (SSSR count). The fourth-order valence-corrected chi connectivity index (χ4v) is 4.16. The first kappa shape index (κ1) is 28.7. The maximum absolute atomic E-state index is 10.6. The Hall–Kier alpha value is -2.31. The molecule has 0 aliphatic rings. The van der Waals surface area contributed by atoms with E-state index in [0.717, 1.165) is 26.9 Å². The highest BCUT2D eigenvalue weighted by atomic mass is 32.2. The van der Waals surface area contributed by atoms with Crippen molar-refractivity contribution in [1.29, 1.82) is 0 Å². The number of rotatable bonds is 9. The topological polar surface area (TPSA) is 59.4 Å². The van der Waals surface area contributed by atoms with Crippen LogP contribution < -0.4 is 0 Å². The van der Waals surface area contributed by atoms with Crippen LogP contribution in [0.1, 0.15) is 52.1 Å². The van der Waals surface area contributed by atoms with Crippen LogP contribution in [0.2, 0.25) is 0 Å². The van der Waals surface area contributed by atoms with Gasteiger partial charge in [0.1, 0.15) is 10.8 Å². The molecule has 2 aromatic rings. The Kier molecular flexibility index (Phi) is 16.1. The van der Waals surface area contributed by atoms with Crippen molar-refractivity contribution in [1.82, 2.24) is 4.98 Å². The minimum atomic E-state index is -0.990. The van der Waals surface area contributed by atoms with Gasteiger partial charge in [-0.05, 0) is 43.9 Å². The van der Waals surface area contributed by atoms with Gasteiger partial charge < -0.3 is 9.84 Å². The lowest BCUT2D eigenvalue weighted by Crippen LogP contribution is -2.05. The fraction of sp³-hybridized carbons (Fsp3) is 0.360. The summed E-state index contributed by atoms with van der Waals surface area (Å²) in [6.07, 6.45) is 7.29. The van der Waals surface area contributed by atoms with Gasteiger partial charge >= 0.3 is 5.97 Å². The number of aliphatic carboxylic acids is 1. The zero-order valence-corrected chi connectivity index (χ0v) is 21.3. The van der Waals surface area contributed by atoms with Crippen LogP contribution in [0.15, 0.2) is 65.3 Å². The molecule has 0 bridgehead atoms. The van der Waals surface area contributed by atoms with Crippen LogP contribution in [0.4, 0.5) is 0 Å². The number of allylic oxidation sites excluding steroid dienone is 5. The molecule has 6 heteroatoms. The Morgan fingerprint density at radius 2 is 1.81 bits per heavy atom. The molecule has 31 heavy (non-hydrogen) atoms. The zero-order chi connectivity index (χ0) is 23.6. The third kappa shape index (κ3) is 11.6. The fourth-order valence-electron chi connectivity index (χ4n) is 2.15. The number of nitrogens with zero attached hydrogens (tertiary/aromatic N) is 1. The largest absolute Gasteiger partial charge is 0.482 e. The number of thiazole rings is 1. The highest BCUT2D eigenvalue weighted by Gasteiger charge is 2.09. The molecule has 0 fully saturated rings. The number of carbonyl (C=O) groups is 1. The van der Waals surface area contributed by atoms with Crippen molar-refractivity contribution in [3.05, 3.63) is 75.9 Å². The lowest BCUT2D eigenvalue weighted by Gasteiger charge is -2.03. The predicted octanol–water partition coefficient (Wildman–Crippen LogP) is 7.87. The molecular formula is C25H35NO3S2. The number of benzene rings is 1. The minimum absolute atomic E-state index is 0.349. The summed E-state index contributed by atoms with van der Waals surface area (Å²) in [5.74, 6) is 0.386. The normalized spacial score (nSPS) is 11.3. The monoisotopic (exact) mass is 461 g/mol. The Labute approximate surface area is 195 Å². The van der Waals surface area contributed by atoms with Crippen LogP contribution in [0.5, 0.6) is 0 Å². The zero-order valence-electron chi connectivity index (χ0n) is 19.6. The van der Waals surface area contributed by atoms with E-state index in [4.69, 9.17) is 9.84 Å². The van der Waals surface area contributed by atoms with Crippen molar-refractivity contribution < 1.29 is 14.6 Å². The van der Waals surface area contributed by atoms with Crippen LogP contribution in [0, 0.1) is 6.92 Å². The second kappa shape index (κ2) is 17.4. The van der Waals surface area contributed by atoms with Crippen LogP contribution in [-0.4, -0.2) is 22.7 Å². The van der Waals surface area contributed by atoms with Crippen LogP contribution in [0.3, 0.4) is 0 Å². The third-order valence-corrected chi connectivity index (χ3v) is 5.93. The van der Waals surface area contributed by atoms with Gasteiger partial charge in [-0.2, -0.15) is 0 Å². The lowest BCUT2D eigenvalue weighted by molar-refractivity contribution is -0.140. The maximum Gasteiger partial charge on any atom is 0.341 e. The summed E-state index contributed by atoms with van der Waals surface area (Å²) in [4.78, 5) is 17.7. The number of carboxylic acids is 1. The van der Waals surface area contributed by atoms with Crippen molar-refractivity contribution in [2.45, 2.75) is 54.2 Å². The first-order valence-electron chi connectivity index (χ1n) is 10.5. The molecule has 0 aliphatic heterocycles. The Bertz CT molecular complexity index is 853. The number of hydrogen-bond donors (Lipinski definition) is 1. The molecule has 1 N–H and O–H groups in total. The molecule has 1 heterocycles. The second-order valence-corrected chi connectivity index (χ2v) is 8.02. The summed E-state index contributed by atoms with van der Waals surface area (Å²) >= 11 is 3.45. The molecule has 0 aliphatic carbocycles. The van der Waals surface area contributed by atoms with E-state index in [-0.39, 0.29) is 6.61 Å². The molecule has 1 aromatic heterocycles. The molecule has 0 spiro atoms. The Morgan fingerprint density at radius 3 is 2.39 bits per heavy atom. The first-order chi connectivity index (χ1) is 15.0. The van der Waals surface area contributed by atoms with Gasteiger partial charge in [-0.3, -0.25) is 0 Å². The summed E-state index contributed by atoms with van der Waals surface area (Å²) in [7, 11) is 0. The summed E-state index contributed by atoms with van der Waals surface area (Å²) in [5.41, 5.74) is 2.21. The summed E-state index contributed by atoms with van der Waals surface area (Å²) in [5, 5.41) is 9.77. The van der Waals surface area contributed by atoms with Gasteiger partial charge in [0.2, 0.25) is 0 Å². The lowest BCUT2D eigenvalue weighted by atomic mass is 10.2. The Morgan fingerprint density at radius 1 is 1.16 bits per heavy atom. The smallest absolute Gasteiger partial charge is 0.341 e. The highest BCUT2D eigenvalue weighted by molar-refractivity contribution is 8.02. The Balaban J connectivity index is 0.00000212. The third-order valence-electron chi connectivity index (χ3n) is 3.52. The summed E-state index contributed by atoms with van der Waals surface area (Å²) < 4.78 is 5.24. The van der Waals surface area contributed by atoms with E-state index in [0.29, 0.717) is 5.76 Å². The SMILES string of the molecule is CC.CC.C\C=C/C(=C\C=C(/C)SCc1sc(-c2ccccc2)nc1C)OCC(=O)O. The molecule has 0 saturated carbocycles. The number of hydrogen-bond acceptors (Lipinski definition) is 5. The second-order valence-electron chi connectivity index (χ2n) is 5.71. The standard InChI is InChI=1S/C21H23NO3S2.2C2H6/c1-4-8-18(25-13-20(23)24)12-11-15(2)26-14-19-16(3)22-21(27-19)17-9-6-5-7-10-17;2*1-2/h4-12H,13-14H2,1-3H3,(H,23,24);2*1-2H3/b8-4-,15-11+,18-12+;;. The van der Waals surface area contributed by atoms with Crippen molar-refractivity contribution in [3.63, 3.8) is 0 Å². The molecular weight excluding hydrogens is 426 g/mol. The summed E-state index contributed by atoms with van der Waals surface area (Å²) in [6.45, 7) is 13.6. The quantitative estimate of drug-likeness (QED) is 0.304. The van der Waals surface area contributed by atoms with E-state index >= 15 is 0 Å². The van der Waals surface area contributed by atoms with E-state index in [2.05, 4.69) is 17.1 Å². The van der Waals surface area contributed by atoms with Crippen molar-refractivity contribution in [2.75, 3.05) is 6.61 Å². The molecule has 0 amide bonds. The first-order valence-corrected chi connectivity index (χ1v) is 12.3. The number of thioether (sulfide) groups is 1. The number of aryl methyl sites for hydroxylation is 1. The van der Waals surface area contributed by atoms with Gasteiger partial charge in [0, 0.05) is 16.2 Å². The number of aromatic nitrogens is 1. The van der Waals surface area contributed by atoms with E-state index in [1.165, 1.54) is 4.88 Å². The molecule has 0 unspecified atom stereocenters. The highest BCUT2D eigenvalue weighted by Crippen LogP contribution is 2.32. The van der Waals surface area contributed by atoms with Gasteiger partial charge in [-0.15, -0.1) is 23.1 Å². The number of ether oxygens (including phenoxy) is 1. The van der Waals surface area contributed by atoms with Crippen LogP contribution in [0.25, 0.3) is 10.6 Å². The molecule has 0 saturated heterocycles. The van der Waals surface area contributed by atoms with E-state index in [1.807, 2.05) is 78.8 Å². The van der Waals surface area contributed by atoms with Gasteiger partial charge in [0.15, 0.2) is 6.61 Å². The van der Waals surface area contributed by atoms with Crippen molar-refractivity contribution in [3.8, 4) is 10.6 Å². The van der Waals surface area contributed by atoms with Crippen LogP contribution in [-0.2, 0) is 15.3 Å². The van der Waals surface area contributed by atoms with E-state index in [1.54, 1.807) is 35.3 Å². The molecule has 0 atom stereocenters. The molecule has 1 aromatic carbocycles. The number of carboxylic acid groups (broad SMARTS) is 1. The van der Waals surface area contributed by atoms with Crippen molar-refractivity contribution >= 4 is 29.1 Å². The predicted molar refractivity (Wildman–Crippen MR) is 137 cm³/mol. The molecule has 4 nitrogen and oxygen atoms in total. The maximum atomic E-state index is 10.6. The van der Waals surface area contributed by atoms with Crippen molar-refractivity contribution in [2.24, 2.45) is 0 Å². The van der Waals surface area contributed by atoms with Gasteiger partial charge in [-0.25, -0.2) is 9.78 Å². The molecule has 0 radical (unpaired) electrons. The van der Waals surface area contributed by atoms with E-state index < -0.39 is 5.97 Å². The molecule has 170 valence electrons. The van der Waals surface area contributed by atoms with Crippen LogP contribution >= 0.6 is 23.1 Å². The average Bonchev–Trinajstić information content (AvgIpc) is 3.18. The van der Waals surface area contributed by atoms with Gasteiger partial charge in [0.25, 0.3) is 0 Å².